The zero-order chi connectivity index (χ0) is 22.2. The average molecular weight is 436 g/mol. The zero-order valence-electron chi connectivity index (χ0n) is 17.4. The second-order valence-electron chi connectivity index (χ2n) is 8.48. The largest absolute Gasteiger partial charge is 0.573 e. The molecule has 168 valence electrons. The Hall–Kier alpha value is -2.09. The number of benzene rings is 2. The van der Waals surface area contributed by atoms with Crippen molar-refractivity contribution >= 4 is 0 Å². The fourth-order valence-corrected chi connectivity index (χ4v) is 4.90. The van der Waals surface area contributed by atoms with Gasteiger partial charge in [-0.15, -0.1) is 13.2 Å². The van der Waals surface area contributed by atoms with Crippen molar-refractivity contribution in [3.63, 3.8) is 0 Å². The molecular formula is C24H27F3O4. The van der Waals surface area contributed by atoms with Crippen LogP contribution in [0.5, 0.6) is 5.75 Å². The molecule has 1 heterocycles. The molecule has 0 bridgehead atoms. The van der Waals surface area contributed by atoms with E-state index in [0.29, 0.717) is 19.3 Å². The molecule has 7 heteroatoms. The molecule has 2 aromatic rings. The van der Waals surface area contributed by atoms with Crippen LogP contribution in [0.15, 0.2) is 30.3 Å². The Balaban J connectivity index is 1.62. The highest BCUT2D eigenvalue weighted by atomic mass is 19.4. The summed E-state index contributed by atoms with van der Waals surface area (Å²) in [5.41, 5.74) is 6.88. The molecule has 4 nitrogen and oxygen atoms in total. The molecule has 0 amide bonds. The van der Waals surface area contributed by atoms with Crippen molar-refractivity contribution < 1.29 is 32.9 Å². The van der Waals surface area contributed by atoms with E-state index in [1.54, 1.807) is 12.1 Å². The van der Waals surface area contributed by atoms with Crippen LogP contribution in [-0.2, 0) is 24.0 Å². The number of hydrogen-bond acceptors (Lipinski definition) is 4. The Morgan fingerprint density at radius 2 is 1.81 bits per heavy atom. The van der Waals surface area contributed by atoms with Crippen LogP contribution in [0.3, 0.4) is 0 Å². The van der Waals surface area contributed by atoms with Crippen molar-refractivity contribution in [1.82, 2.24) is 0 Å². The van der Waals surface area contributed by atoms with Gasteiger partial charge in [-0.05, 0) is 78.1 Å². The third-order valence-electron chi connectivity index (χ3n) is 6.30. The van der Waals surface area contributed by atoms with Gasteiger partial charge < -0.3 is 19.7 Å². The lowest BCUT2D eigenvalue weighted by Crippen LogP contribution is -2.34. The SMILES string of the molecule is Cc1c(C2CC(O)CC(CO)O2)cc(Cc2ccc(OC(F)(F)F)cc2)c2c1CCC2. The number of hydrogen-bond donors (Lipinski definition) is 2. The number of rotatable bonds is 5. The van der Waals surface area contributed by atoms with E-state index in [-0.39, 0.29) is 24.6 Å². The number of aliphatic hydroxyl groups excluding tert-OH is 2. The van der Waals surface area contributed by atoms with Gasteiger partial charge in [0, 0.05) is 12.8 Å². The second kappa shape index (κ2) is 8.81. The first-order valence-electron chi connectivity index (χ1n) is 10.7. The van der Waals surface area contributed by atoms with E-state index in [1.165, 1.54) is 28.8 Å². The van der Waals surface area contributed by atoms with E-state index >= 15 is 0 Å². The lowest BCUT2D eigenvalue weighted by atomic mass is 9.86. The van der Waals surface area contributed by atoms with E-state index in [0.717, 1.165) is 36.0 Å². The number of halogens is 3. The van der Waals surface area contributed by atoms with Crippen molar-refractivity contribution in [3.8, 4) is 5.75 Å². The predicted molar refractivity (Wildman–Crippen MR) is 109 cm³/mol. The molecule has 2 aliphatic rings. The van der Waals surface area contributed by atoms with Crippen molar-refractivity contribution in [2.45, 2.75) is 70.1 Å². The van der Waals surface area contributed by atoms with Crippen LogP contribution in [0, 0.1) is 6.92 Å². The molecule has 1 aliphatic carbocycles. The Labute approximate surface area is 179 Å². The van der Waals surface area contributed by atoms with Gasteiger partial charge in [0.15, 0.2) is 0 Å². The molecule has 1 saturated heterocycles. The van der Waals surface area contributed by atoms with Gasteiger partial charge in [-0.2, -0.15) is 0 Å². The zero-order valence-corrected chi connectivity index (χ0v) is 17.4. The predicted octanol–water partition coefficient (Wildman–Crippen LogP) is 4.55. The molecule has 0 aromatic heterocycles. The van der Waals surface area contributed by atoms with Gasteiger partial charge in [0.05, 0.1) is 24.9 Å². The van der Waals surface area contributed by atoms with Gasteiger partial charge in [0.2, 0.25) is 0 Å². The molecule has 3 unspecified atom stereocenters. The molecule has 0 spiro atoms. The summed E-state index contributed by atoms with van der Waals surface area (Å²) >= 11 is 0. The number of ether oxygens (including phenoxy) is 2. The molecule has 2 aromatic carbocycles. The topological polar surface area (TPSA) is 58.9 Å². The van der Waals surface area contributed by atoms with Gasteiger partial charge in [0.25, 0.3) is 0 Å². The lowest BCUT2D eigenvalue weighted by molar-refractivity contribution is -0.274. The molecule has 2 N–H and O–H groups in total. The Kier molecular flexibility index (Phi) is 6.28. The number of fused-ring (bicyclic) bond motifs is 1. The molecule has 0 saturated carbocycles. The van der Waals surface area contributed by atoms with Crippen LogP contribution in [0.1, 0.15) is 58.7 Å². The third-order valence-corrected chi connectivity index (χ3v) is 6.30. The fourth-order valence-electron chi connectivity index (χ4n) is 4.90. The highest BCUT2D eigenvalue weighted by Gasteiger charge is 2.32. The molecule has 3 atom stereocenters. The summed E-state index contributed by atoms with van der Waals surface area (Å²) in [6.07, 6.45) is -1.35. The van der Waals surface area contributed by atoms with E-state index in [4.69, 9.17) is 4.74 Å². The van der Waals surface area contributed by atoms with E-state index < -0.39 is 12.5 Å². The van der Waals surface area contributed by atoms with Crippen LogP contribution in [0.4, 0.5) is 13.2 Å². The van der Waals surface area contributed by atoms with E-state index in [2.05, 4.69) is 17.7 Å². The number of aliphatic hydroxyl groups is 2. The quantitative estimate of drug-likeness (QED) is 0.722. The van der Waals surface area contributed by atoms with Crippen molar-refractivity contribution in [3.05, 3.63) is 63.7 Å². The maximum atomic E-state index is 12.4. The molecule has 1 fully saturated rings. The molecule has 1 aliphatic heterocycles. The maximum Gasteiger partial charge on any atom is 0.573 e. The minimum absolute atomic E-state index is 0.128. The minimum atomic E-state index is -4.70. The summed E-state index contributed by atoms with van der Waals surface area (Å²) in [5.74, 6) is -0.231. The van der Waals surface area contributed by atoms with Gasteiger partial charge in [-0.25, -0.2) is 0 Å². The van der Waals surface area contributed by atoms with E-state index in [1.807, 2.05) is 0 Å². The van der Waals surface area contributed by atoms with Crippen LogP contribution >= 0.6 is 0 Å². The van der Waals surface area contributed by atoms with Crippen LogP contribution in [-0.4, -0.2) is 35.4 Å². The molecule has 0 radical (unpaired) electrons. The van der Waals surface area contributed by atoms with Gasteiger partial charge in [-0.3, -0.25) is 0 Å². The van der Waals surface area contributed by atoms with Crippen molar-refractivity contribution in [2.75, 3.05) is 6.61 Å². The average Bonchev–Trinajstić information content (AvgIpc) is 3.20. The molecule has 31 heavy (non-hydrogen) atoms. The third kappa shape index (κ3) is 5.05. The smallest absolute Gasteiger partial charge is 0.406 e. The summed E-state index contributed by atoms with van der Waals surface area (Å²) in [5, 5.41) is 19.8. The maximum absolute atomic E-state index is 12.4. The van der Waals surface area contributed by atoms with Gasteiger partial charge in [0.1, 0.15) is 5.75 Å². The minimum Gasteiger partial charge on any atom is -0.406 e. The number of alkyl halides is 3. The Bertz CT molecular complexity index is 924. The van der Waals surface area contributed by atoms with Crippen LogP contribution < -0.4 is 4.74 Å². The standard InChI is InChI=1S/C24H27F3O4/c1-14-20-3-2-4-21(20)16(9-15-5-7-18(8-6-15)31-24(25,26)27)10-22(14)23-12-17(29)11-19(13-28)30-23/h5-8,10,17,19,23,28-29H,2-4,9,11-13H2,1H3. The first-order valence-corrected chi connectivity index (χ1v) is 10.7. The summed E-state index contributed by atoms with van der Waals surface area (Å²) in [7, 11) is 0. The van der Waals surface area contributed by atoms with Crippen molar-refractivity contribution in [1.29, 1.82) is 0 Å². The van der Waals surface area contributed by atoms with Gasteiger partial charge in [-0.1, -0.05) is 18.2 Å². The first kappa shape index (κ1) is 22.1. The first-order chi connectivity index (χ1) is 14.7. The van der Waals surface area contributed by atoms with E-state index in [9.17, 15) is 23.4 Å². The highest BCUT2D eigenvalue weighted by molar-refractivity contribution is 5.50. The second-order valence-corrected chi connectivity index (χ2v) is 8.48. The monoisotopic (exact) mass is 436 g/mol. The van der Waals surface area contributed by atoms with Crippen molar-refractivity contribution in [2.24, 2.45) is 0 Å². The summed E-state index contributed by atoms with van der Waals surface area (Å²) in [6.45, 7) is 1.96. The summed E-state index contributed by atoms with van der Waals surface area (Å²) in [6, 6.07) is 8.11. The lowest BCUT2D eigenvalue weighted by Gasteiger charge is -2.34. The summed E-state index contributed by atoms with van der Waals surface area (Å²) < 4.78 is 47.3. The van der Waals surface area contributed by atoms with Crippen LogP contribution in [0.2, 0.25) is 0 Å². The highest BCUT2D eigenvalue weighted by Crippen LogP contribution is 2.39. The fraction of sp³-hybridized carbons (Fsp3) is 0.500. The van der Waals surface area contributed by atoms with Crippen LogP contribution in [0.25, 0.3) is 0 Å². The Morgan fingerprint density at radius 3 is 2.48 bits per heavy atom. The molecular weight excluding hydrogens is 409 g/mol. The normalized spacial score (nSPS) is 23.6. The summed E-state index contributed by atoms with van der Waals surface area (Å²) in [4.78, 5) is 0. The van der Waals surface area contributed by atoms with Gasteiger partial charge >= 0.3 is 6.36 Å². The Morgan fingerprint density at radius 1 is 1.10 bits per heavy atom. The molecule has 4 rings (SSSR count).